The van der Waals surface area contributed by atoms with Crippen LogP contribution >= 0.6 is 0 Å². The Labute approximate surface area is 184 Å². The van der Waals surface area contributed by atoms with E-state index in [1.807, 2.05) is 12.1 Å². The standard InChI is InChI=1S/C24H22FN5O2/c1-29(16-6-7-30(11-16)15-4-2-14(10-26)3-5-15)24(31)18-8-17-19-12-32-13-20(19)23(27)28-22(17)9-21(18)25/h2-5,8-9,16H,6-7,11-13H2,1H3,(H2,27,28)/t16-/m1/s1. The smallest absolute Gasteiger partial charge is 0.256 e. The zero-order valence-corrected chi connectivity index (χ0v) is 17.6. The van der Waals surface area contributed by atoms with Gasteiger partial charge in [0, 0.05) is 42.8 Å². The maximum Gasteiger partial charge on any atom is 0.256 e. The summed E-state index contributed by atoms with van der Waals surface area (Å²) in [6, 6.07) is 12.3. The number of nitrogen functional groups attached to an aromatic ring is 1. The number of nitriles is 1. The lowest BCUT2D eigenvalue weighted by Crippen LogP contribution is -2.39. The monoisotopic (exact) mass is 431 g/mol. The summed E-state index contributed by atoms with van der Waals surface area (Å²) >= 11 is 0. The predicted octanol–water partition coefficient (Wildman–Crippen LogP) is 3.21. The Morgan fingerprint density at radius 3 is 2.78 bits per heavy atom. The van der Waals surface area contributed by atoms with E-state index >= 15 is 0 Å². The molecular weight excluding hydrogens is 409 g/mol. The summed E-state index contributed by atoms with van der Waals surface area (Å²) in [5, 5.41) is 9.68. The molecule has 5 rings (SSSR count). The van der Waals surface area contributed by atoms with Gasteiger partial charge in [-0.05, 0) is 42.3 Å². The van der Waals surface area contributed by atoms with Crippen LogP contribution in [0.2, 0.25) is 0 Å². The molecule has 2 aliphatic heterocycles. The summed E-state index contributed by atoms with van der Waals surface area (Å²) in [6.45, 7) is 2.17. The Bertz CT molecular complexity index is 1270. The van der Waals surface area contributed by atoms with Gasteiger partial charge in [0.2, 0.25) is 0 Å². The zero-order valence-electron chi connectivity index (χ0n) is 17.6. The maximum atomic E-state index is 14.9. The van der Waals surface area contributed by atoms with E-state index in [0.29, 0.717) is 42.0 Å². The van der Waals surface area contributed by atoms with Crippen LogP contribution in [0.3, 0.4) is 0 Å². The summed E-state index contributed by atoms with van der Waals surface area (Å²) < 4.78 is 20.4. The van der Waals surface area contributed by atoms with Gasteiger partial charge in [0.15, 0.2) is 0 Å². The van der Waals surface area contributed by atoms with Crippen molar-refractivity contribution in [1.82, 2.24) is 9.88 Å². The molecule has 162 valence electrons. The fraction of sp³-hybridized carbons (Fsp3) is 0.292. The number of hydrogen-bond acceptors (Lipinski definition) is 6. The van der Waals surface area contributed by atoms with Crippen LogP contribution in [0.4, 0.5) is 15.9 Å². The van der Waals surface area contributed by atoms with Crippen LogP contribution < -0.4 is 10.6 Å². The number of nitrogens with zero attached hydrogens (tertiary/aromatic N) is 4. The number of nitrogens with two attached hydrogens (primary N) is 1. The first-order valence-corrected chi connectivity index (χ1v) is 10.5. The lowest BCUT2D eigenvalue weighted by Gasteiger charge is -2.26. The molecule has 3 heterocycles. The second kappa shape index (κ2) is 7.77. The molecule has 0 radical (unpaired) electrons. The highest BCUT2D eigenvalue weighted by Gasteiger charge is 2.31. The van der Waals surface area contributed by atoms with Gasteiger partial charge in [-0.25, -0.2) is 9.37 Å². The van der Waals surface area contributed by atoms with Crippen molar-refractivity contribution in [1.29, 1.82) is 5.26 Å². The van der Waals surface area contributed by atoms with Crippen LogP contribution in [0.15, 0.2) is 36.4 Å². The highest BCUT2D eigenvalue weighted by Crippen LogP contribution is 2.33. The van der Waals surface area contributed by atoms with Crippen molar-refractivity contribution in [3.8, 4) is 6.07 Å². The summed E-state index contributed by atoms with van der Waals surface area (Å²) in [5.41, 5.74) is 9.73. The molecule has 7 nitrogen and oxygen atoms in total. The topological polar surface area (TPSA) is 95.5 Å². The third-order valence-corrected chi connectivity index (χ3v) is 6.44. The number of fused-ring (bicyclic) bond motifs is 3. The minimum atomic E-state index is -0.609. The van der Waals surface area contributed by atoms with Crippen LogP contribution in [0.25, 0.3) is 10.9 Å². The van der Waals surface area contributed by atoms with E-state index in [9.17, 15) is 9.18 Å². The molecule has 2 aliphatic rings. The number of ether oxygens (including phenoxy) is 1. The number of anilines is 2. The van der Waals surface area contributed by atoms with Gasteiger partial charge in [0.1, 0.15) is 11.6 Å². The summed E-state index contributed by atoms with van der Waals surface area (Å²) in [6.07, 6.45) is 0.777. The fourth-order valence-electron chi connectivity index (χ4n) is 4.55. The first-order chi connectivity index (χ1) is 15.5. The third-order valence-electron chi connectivity index (χ3n) is 6.44. The molecule has 0 aliphatic carbocycles. The van der Waals surface area contributed by atoms with Gasteiger partial charge >= 0.3 is 0 Å². The minimum absolute atomic E-state index is 0.0255. The van der Waals surface area contributed by atoms with E-state index in [1.165, 1.54) is 6.07 Å². The number of amides is 1. The first kappa shape index (κ1) is 20.2. The number of benzene rings is 2. The van der Waals surface area contributed by atoms with E-state index in [4.69, 9.17) is 15.7 Å². The van der Waals surface area contributed by atoms with E-state index in [2.05, 4.69) is 16.0 Å². The molecule has 2 aromatic carbocycles. The van der Waals surface area contributed by atoms with E-state index < -0.39 is 5.82 Å². The number of rotatable bonds is 3. The average molecular weight is 431 g/mol. The van der Waals surface area contributed by atoms with Crippen LogP contribution in [-0.4, -0.2) is 42.0 Å². The summed E-state index contributed by atoms with van der Waals surface area (Å²) in [7, 11) is 1.72. The van der Waals surface area contributed by atoms with Crippen molar-refractivity contribution in [2.45, 2.75) is 25.7 Å². The largest absolute Gasteiger partial charge is 0.383 e. The van der Waals surface area contributed by atoms with Crippen molar-refractivity contribution < 1.29 is 13.9 Å². The predicted molar refractivity (Wildman–Crippen MR) is 118 cm³/mol. The van der Waals surface area contributed by atoms with Gasteiger partial charge in [-0.2, -0.15) is 5.26 Å². The lowest BCUT2D eigenvalue weighted by atomic mass is 10.0. The molecule has 3 aromatic rings. The molecule has 32 heavy (non-hydrogen) atoms. The zero-order chi connectivity index (χ0) is 22.4. The van der Waals surface area contributed by atoms with Gasteiger partial charge < -0.3 is 20.3 Å². The lowest BCUT2D eigenvalue weighted by molar-refractivity contribution is 0.0740. The van der Waals surface area contributed by atoms with Crippen LogP contribution in [0, 0.1) is 17.1 Å². The molecule has 8 heteroatoms. The number of carbonyl (C=O) groups excluding carboxylic acids is 1. The second-order valence-corrected chi connectivity index (χ2v) is 8.26. The van der Waals surface area contributed by atoms with Crippen molar-refractivity contribution in [3.05, 3.63) is 64.5 Å². The van der Waals surface area contributed by atoms with Crippen molar-refractivity contribution >= 4 is 28.3 Å². The van der Waals surface area contributed by atoms with E-state index in [1.54, 1.807) is 30.1 Å². The van der Waals surface area contributed by atoms with Gasteiger partial charge in [-0.1, -0.05) is 0 Å². The van der Waals surface area contributed by atoms with Gasteiger partial charge in [-0.3, -0.25) is 4.79 Å². The highest BCUT2D eigenvalue weighted by atomic mass is 19.1. The van der Waals surface area contributed by atoms with E-state index in [-0.39, 0.29) is 17.5 Å². The second-order valence-electron chi connectivity index (χ2n) is 8.26. The molecule has 1 amide bonds. The Hall–Kier alpha value is -3.70. The number of aromatic nitrogens is 1. The Balaban J connectivity index is 1.39. The summed E-state index contributed by atoms with van der Waals surface area (Å²) in [5.74, 6) is -0.628. The maximum absolute atomic E-state index is 14.9. The molecule has 0 unspecified atom stereocenters. The number of pyridine rings is 1. The van der Waals surface area contributed by atoms with Crippen molar-refractivity contribution in [2.24, 2.45) is 0 Å². The van der Waals surface area contributed by atoms with Gasteiger partial charge in [0.05, 0.1) is 42.0 Å². The SMILES string of the molecule is CN(C(=O)c1cc2c3c(c(N)nc2cc1F)COC3)[C@@H]1CCN(c2ccc(C#N)cc2)C1. The minimum Gasteiger partial charge on any atom is -0.383 e. The number of likely N-dealkylation sites (N-methyl/N-ethyl adjacent to an activating group) is 1. The molecule has 1 saturated heterocycles. The first-order valence-electron chi connectivity index (χ1n) is 10.5. The molecule has 2 N–H and O–H groups in total. The number of halogens is 1. The quantitative estimate of drug-likeness (QED) is 0.684. The van der Waals surface area contributed by atoms with Crippen molar-refractivity contribution in [2.75, 3.05) is 30.8 Å². The normalized spacial score (nSPS) is 17.4. The van der Waals surface area contributed by atoms with Gasteiger partial charge in [0.25, 0.3) is 5.91 Å². The van der Waals surface area contributed by atoms with Crippen molar-refractivity contribution in [3.63, 3.8) is 0 Å². The van der Waals surface area contributed by atoms with E-state index in [0.717, 1.165) is 29.8 Å². The van der Waals surface area contributed by atoms with Crippen LogP contribution in [0.5, 0.6) is 0 Å². The molecule has 1 atom stereocenters. The van der Waals surface area contributed by atoms with Crippen LogP contribution in [0.1, 0.15) is 33.5 Å². The highest BCUT2D eigenvalue weighted by molar-refractivity contribution is 5.99. The fourth-order valence-corrected chi connectivity index (χ4v) is 4.55. The average Bonchev–Trinajstić information content (AvgIpc) is 3.49. The molecule has 0 bridgehead atoms. The van der Waals surface area contributed by atoms with Crippen LogP contribution in [-0.2, 0) is 18.0 Å². The number of carbonyl (C=O) groups is 1. The number of hydrogen-bond donors (Lipinski definition) is 1. The third kappa shape index (κ3) is 3.31. The molecule has 0 saturated carbocycles. The Morgan fingerprint density at radius 2 is 2.03 bits per heavy atom. The van der Waals surface area contributed by atoms with Gasteiger partial charge in [-0.15, -0.1) is 0 Å². The molecule has 1 aromatic heterocycles. The molecule has 1 fully saturated rings. The Kier molecular flexibility index (Phi) is 4.91. The molecular formula is C24H22FN5O2. The molecule has 0 spiro atoms. The Morgan fingerprint density at radius 1 is 1.28 bits per heavy atom. The summed E-state index contributed by atoms with van der Waals surface area (Å²) in [4.78, 5) is 21.3.